The smallest absolute Gasteiger partial charge is 0.305 e. The lowest BCUT2D eigenvalue weighted by Gasteiger charge is -2.00. The van der Waals surface area contributed by atoms with Crippen molar-refractivity contribution in [2.45, 2.75) is 12.8 Å². The minimum atomic E-state index is -0.224. The van der Waals surface area contributed by atoms with E-state index in [4.69, 9.17) is 9.84 Å². The third kappa shape index (κ3) is 7.29. The number of carbonyl (C=O) groups is 1. The van der Waals surface area contributed by atoms with Gasteiger partial charge in [-0.25, -0.2) is 0 Å². The van der Waals surface area contributed by atoms with Gasteiger partial charge in [-0.2, -0.15) is 0 Å². The molecular weight excluding hydrogens is 148 g/mol. The Bertz CT molecular complexity index is 103. The summed E-state index contributed by atoms with van der Waals surface area (Å²) < 4.78 is 9.33. The number of methoxy groups -OCH3 is 1. The van der Waals surface area contributed by atoms with E-state index in [1.54, 1.807) is 0 Å². The molecule has 1 N–H and O–H groups in total. The van der Waals surface area contributed by atoms with E-state index < -0.39 is 0 Å². The van der Waals surface area contributed by atoms with Crippen molar-refractivity contribution in [3.05, 3.63) is 0 Å². The highest BCUT2D eigenvalue weighted by Gasteiger charge is 1.98. The summed E-state index contributed by atoms with van der Waals surface area (Å²) in [7, 11) is 1.36. The van der Waals surface area contributed by atoms with Gasteiger partial charge in [0.05, 0.1) is 20.3 Å². The lowest BCUT2D eigenvalue weighted by Crippen LogP contribution is -2.05. The van der Waals surface area contributed by atoms with Crippen LogP contribution >= 0.6 is 0 Å². The number of aliphatic hydroxyl groups excluding tert-OH is 1. The van der Waals surface area contributed by atoms with Crippen LogP contribution in [0.15, 0.2) is 0 Å². The molecule has 0 atom stereocenters. The number of carbonyl (C=O) groups excluding carboxylic acids is 1. The Morgan fingerprint density at radius 1 is 1.45 bits per heavy atom. The number of rotatable bonds is 6. The average molecular weight is 162 g/mol. The quantitative estimate of drug-likeness (QED) is 0.439. The first-order valence-corrected chi connectivity index (χ1v) is 3.56. The Kier molecular flexibility index (Phi) is 7.08. The van der Waals surface area contributed by atoms with Crippen LogP contribution in [0, 0.1) is 0 Å². The molecule has 0 aromatic carbocycles. The predicted octanol–water partition coefficient (Wildman–Crippen LogP) is -0.0515. The Balaban J connectivity index is 2.95. The van der Waals surface area contributed by atoms with Crippen LogP contribution in [0.2, 0.25) is 0 Å². The molecule has 0 bridgehead atoms. The van der Waals surface area contributed by atoms with Gasteiger partial charge < -0.3 is 14.6 Å². The summed E-state index contributed by atoms with van der Waals surface area (Å²) in [6.07, 6.45) is 1.02. The number of hydrogen-bond donors (Lipinski definition) is 1. The van der Waals surface area contributed by atoms with Crippen molar-refractivity contribution in [1.29, 1.82) is 0 Å². The van der Waals surface area contributed by atoms with Crippen LogP contribution in [-0.2, 0) is 14.3 Å². The summed E-state index contributed by atoms with van der Waals surface area (Å²) in [6, 6.07) is 0. The van der Waals surface area contributed by atoms with Gasteiger partial charge >= 0.3 is 5.97 Å². The molecular formula is C7H14O4. The first-order chi connectivity index (χ1) is 5.31. The second-order valence-corrected chi connectivity index (χ2v) is 2.02. The van der Waals surface area contributed by atoms with Gasteiger partial charge in [-0.15, -0.1) is 0 Å². The van der Waals surface area contributed by atoms with E-state index >= 15 is 0 Å². The molecule has 0 heterocycles. The fourth-order valence-electron chi connectivity index (χ4n) is 0.587. The second kappa shape index (κ2) is 7.50. The third-order valence-electron chi connectivity index (χ3n) is 1.13. The SMILES string of the molecule is COC(=O)CCCOCCO. The summed E-state index contributed by atoms with van der Waals surface area (Å²) in [6.45, 7) is 0.856. The molecule has 0 aliphatic heterocycles. The van der Waals surface area contributed by atoms with Gasteiger partial charge in [0.2, 0.25) is 0 Å². The van der Waals surface area contributed by atoms with Crippen LogP contribution in [0.1, 0.15) is 12.8 Å². The third-order valence-corrected chi connectivity index (χ3v) is 1.13. The van der Waals surface area contributed by atoms with Crippen LogP contribution in [0.3, 0.4) is 0 Å². The highest BCUT2D eigenvalue weighted by Crippen LogP contribution is 1.91. The van der Waals surface area contributed by atoms with Crippen LogP contribution in [0.5, 0.6) is 0 Å². The molecule has 0 saturated carbocycles. The van der Waals surface area contributed by atoms with E-state index in [9.17, 15) is 4.79 Å². The fourth-order valence-corrected chi connectivity index (χ4v) is 0.587. The molecule has 4 nitrogen and oxygen atoms in total. The molecule has 0 amide bonds. The molecule has 0 radical (unpaired) electrons. The highest BCUT2D eigenvalue weighted by molar-refractivity contribution is 5.68. The molecule has 0 aliphatic carbocycles. The number of esters is 1. The largest absolute Gasteiger partial charge is 0.469 e. The Morgan fingerprint density at radius 2 is 2.18 bits per heavy atom. The molecule has 0 spiro atoms. The zero-order valence-corrected chi connectivity index (χ0v) is 6.71. The summed E-state index contributed by atoms with van der Waals surface area (Å²) >= 11 is 0. The highest BCUT2D eigenvalue weighted by atomic mass is 16.5. The maximum Gasteiger partial charge on any atom is 0.305 e. The summed E-state index contributed by atoms with van der Waals surface area (Å²) in [5, 5.41) is 8.30. The van der Waals surface area contributed by atoms with Gasteiger partial charge in [0, 0.05) is 13.0 Å². The van der Waals surface area contributed by atoms with Gasteiger partial charge in [0.25, 0.3) is 0 Å². The minimum Gasteiger partial charge on any atom is -0.469 e. The van der Waals surface area contributed by atoms with E-state index in [1.165, 1.54) is 7.11 Å². The standard InChI is InChI=1S/C7H14O4/c1-10-7(9)3-2-5-11-6-4-8/h8H,2-6H2,1H3. The first kappa shape index (κ1) is 10.4. The Hall–Kier alpha value is -0.610. The number of hydrogen-bond acceptors (Lipinski definition) is 4. The first-order valence-electron chi connectivity index (χ1n) is 3.56. The Morgan fingerprint density at radius 3 is 2.73 bits per heavy atom. The second-order valence-electron chi connectivity index (χ2n) is 2.02. The monoisotopic (exact) mass is 162 g/mol. The van der Waals surface area contributed by atoms with Gasteiger partial charge in [0.1, 0.15) is 0 Å². The number of aliphatic hydroxyl groups is 1. The summed E-state index contributed by atoms with van der Waals surface area (Å²) in [5.74, 6) is -0.224. The minimum absolute atomic E-state index is 0.0260. The van der Waals surface area contributed by atoms with Crippen LogP contribution in [0.4, 0.5) is 0 Å². The zero-order chi connectivity index (χ0) is 8.53. The van der Waals surface area contributed by atoms with Crippen LogP contribution < -0.4 is 0 Å². The molecule has 0 saturated heterocycles. The zero-order valence-electron chi connectivity index (χ0n) is 6.71. The van der Waals surface area contributed by atoms with Crippen molar-refractivity contribution < 1.29 is 19.4 Å². The normalized spacial score (nSPS) is 9.64. The van der Waals surface area contributed by atoms with E-state index in [0.29, 0.717) is 26.1 Å². The van der Waals surface area contributed by atoms with Crippen LogP contribution in [-0.4, -0.2) is 38.0 Å². The van der Waals surface area contributed by atoms with Gasteiger partial charge in [0.15, 0.2) is 0 Å². The van der Waals surface area contributed by atoms with Gasteiger partial charge in [-0.05, 0) is 6.42 Å². The van der Waals surface area contributed by atoms with E-state index in [0.717, 1.165) is 0 Å². The van der Waals surface area contributed by atoms with Crippen molar-refractivity contribution in [3.8, 4) is 0 Å². The maximum absolute atomic E-state index is 10.5. The lowest BCUT2D eigenvalue weighted by atomic mass is 10.3. The molecule has 0 unspecified atom stereocenters. The van der Waals surface area contributed by atoms with E-state index in [-0.39, 0.29) is 12.6 Å². The molecule has 0 rings (SSSR count). The molecule has 0 aromatic heterocycles. The number of ether oxygens (including phenoxy) is 2. The Labute approximate surface area is 66.1 Å². The van der Waals surface area contributed by atoms with Gasteiger partial charge in [-0.3, -0.25) is 4.79 Å². The lowest BCUT2D eigenvalue weighted by molar-refractivity contribution is -0.141. The summed E-state index contributed by atoms with van der Waals surface area (Å²) in [4.78, 5) is 10.5. The van der Waals surface area contributed by atoms with E-state index in [2.05, 4.69) is 4.74 Å². The van der Waals surface area contributed by atoms with Crippen molar-refractivity contribution in [2.24, 2.45) is 0 Å². The molecule has 0 aliphatic rings. The van der Waals surface area contributed by atoms with Crippen molar-refractivity contribution in [3.63, 3.8) is 0 Å². The van der Waals surface area contributed by atoms with Crippen molar-refractivity contribution >= 4 is 5.97 Å². The topological polar surface area (TPSA) is 55.8 Å². The van der Waals surface area contributed by atoms with E-state index in [1.807, 2.05) is 0 Å². The van der Waals surface area contributed by atoms with Crippen LogP contribution in [0.25, 0.3) is 0 Å². The predicted molar refractivity (Wildman–Crippen MR) is 39.2 cm³/mol. The molecule has 66 valence electrons. The molecule has 4 heteroatoms. The molecule has 0 fully saturated rings. The van der Waals surface area contributed by atoms with Crippen molar-refractivity contribution in [1.82, 2.24) is 0 Å². The van der Waals surface area contributed by atoms with Gasteiger partial charge in [-0.1, -0.05) is 0 Å². The summed E-state index contributed by atoms with van der Waals surface area (Å²) in [5.41, 5.74) is 0. The van der Waals surface area contributed by atoms with Crippen molar-refractivity contribution in [2.75, 3.05) is 26.9 Å². The maximum atomic E-state index is 10.5. The molecule has 11 heavy (non-hydrogen) atoms. The fraction of sp³-hybridized carbons (Fsp3) is 0.857. The molecule has 0 aromatic rings. The average Bonchev–Trinajstić information content (AvgIpc) is 2.04.